The zero-order valence-corrected chi connectivity index (χ0v) is 11.0. The third kappa shape index (κ3) is 3.12. The first-order valence-electron chi connectivity index (χ1n) is 5.04. The minimum absolute atomic E-state index is 0.0491. The molecular weight excluding hydrogens is 273 g/mol. The predicted molar refractivity (Wildman–Crippen MR) is 65.6 cm³/mol. The van der Waals surface area contributed by atoms with Crippen LogP contribution in [-0.4, -0.2) is 12.3 Å². The van der Waals surface area contributed by atoms with E-state index in [4.69, 9.17) is 5.73 Å². The maximum absolute atomic E-state index is 13.4. The zero-order valence-electron chi connectivity index (χ0n) is 9.39. The minimum Gasteiger partial charge on any atom is -0.329 e. The van der Waals surface area contributed by atoms with Gasteiger partial charge in [0.15, 0.2) is 0 Å². The molecule has 1 aromatic rings. The number of benzene rings is 1. The Bertz CT molecular complexity index is 404. The molecule has 16 heavy (non-hydrogen) atoms. The number of carbonyl (C=O) groups is 1. The van der Waals surface area contributed by atoms with Crippen molar-refractivity contribution in [2.24, 2.45) is 11.1 Å². The molecule has 0 fully saturated rings. The Kier molecular flexibility index (Phi) is 4.21. The number of halogens is 2. The molecule has 0 saturated heterocycles. The average molecular weight is 288 g/mol. The van der Waals surface area contributed by atoms with Gasteiger partial charge in [0.05, 0.1) is 0 Å². The lowest BCUT2D eigenvalue weighted by atomic mass is 9.85. The Hall–Kier alpha value is -0.740. The van der Waals surface area contributed by atoms with E-state index in [0.29, 0.717) is 5.56 Å². The van der Waals surface area contributed by atoms with E-state index >= 15 is 0 Å². The van der Waals surface area contributed by atoms with Gasteiger partial charge in [-0.3, -0.25) is 4.79 Å². The summed E-state index contributed by atoms with van der Waals surface area (Å²) in [4.78, 5) is 11.9. The largest absolute Gasteiger partial charge is 0.329 e. The van der Waals surface area contributed by atoms with Gasteiger partial charge in [-0.05, 0) is 23.8 Å². The van der Waals surface area contributed by atoms with Gasteiger partial charge in [-0.2, -0.15) is 0 Å². The lowest BCUT2D eigenvalue weighted by Gasteiger charge is -2.20. The Morgan fingerprint density at radius 1 is 1.50 bits per heavy atom. The fraction of sp³-hybridized carbons (Fsp3) is 0.417. The van der Waals surface area contributed by atoms with Crippen LogP contribution in [0.2, 0.25) is 0 Å². The molecule has 2 N–H and O–H groups in total. The fourth-order valence-corrected chi connectivity index (χ4v) is 1.61. The molecule has 0 atom stereocenters. The third-order valence-corrected chi connectivity index (χ3v) is 3.12. The molecule has 0 aromatic heterocycles. The van der Waals surface area contributed by atoms with Crippen molar-refractivity contribution in [3.8, 4) is 0 Å². The summed E-state index contributed by atoms with van der Waals surface area (Å²) in [6.07, 6.45) is 0.0788. The predicted octanol–water partition coefficient (Wildman–Crippen LogP) is 2.68. The summed E-state index contributed by atoms with van der Waals surface area (Å²) in [6.45, 7) is 3.80. The van der Waals surface area contributed by atoms with Crippen molar-refractivity contribution in [2.45, 2.75) is 20.3 Å². The molecule has 0 aliphatic rings. The molecule has 0 heterocycles. The molecule has 1 aromatic carbocycles. The molecule has 0 aliphatic carbocycles. The summed E-state index contributed by atoms with van der Waals surface area (Å²) < 4.78 is 14.2. The minimum atomic E-state index is -0.602. The van der Waals surface area contributed by atoms with Crippen LogP contribution in [0.1, 0.15) is 19.4 Å². The van der Waals surface area contributed by atoms with E-state index in [1.165, 1.54) is 6.07 Å². The normalized spacial score (nSPS) is 11.6. The topological polar surface area (TPSA) is 43.1 Å². The highest BCUT2D eigenvalue weighted by molar-refractivity contribution is 9.10. The van der Waals surface area contributed by atoms with Crippen LogP contribution in [0.25, 0.3) is 0 Å². The van der Waals surface area contributed by atoms with Crippen LogP contribution in [0, 0.1) is 11.2 Å². The van der Waals surface area contributed by atoms with Crippen molar-refractivity contribution < 1.29 is 9.18 Å². The SMILES string of the molecule is CC(C)(CN)C(=O)Cc1cc(Br)ccc1F. The van der Waals surface area contributed by atoms with E-state index in [1.54, 1.807) is 26.0 Å². The first-order valence-corrected chi connectivity index (χ1v) is 5.83. The number of Topliss-reactive ketones (excluding diaryl/α,β-unsaturated/α-hetero) is 1. The first kappa shape index (κ1) is 13.3. The van der Waals surface area contributed by atoms with Crippen LogP contribution in [0.5, 0.6) is 0 Å². The number of nitrogens with two attached hydrogens (primary N) is 1. The third-order valence-electron chi connectivity index (χ3n) is 2.62. The van der Waals surface area contributed by atoms with Gasteiger partial charge in [-0.25, -0.2) is 4.39 Å². The highest BCUT2D eigenvalue weighted by Gasteiger charge is 2.26. The fourth-order valence-electron chi connectivity index (χ4n) is 1.20. The van der Waals surface area contributed by atoms with Crippen molar-refractivity contribution in [3.05, 3.63) is 34.1 Å². The first-order chi connectivity index (χ1) is 7.36. The molecule has 0 aliphatic heterocycles. The van der Waals surface area contributed by atoms with Gasteiger partial charge in [0.25, 0.3) is 0 Å². The van der Waals surface area contributed by atoms with Crippen LogP contribution in [0.4, 0.5) is 4.39 Å². The van der Waals surface area contributed by atoms with Crippen LogP contribution < -0.4 is 5.73 Å². The van der Waals surface area contributed by atoms with Crippen LogP contribution >= 0.6 is 15.9 Å². The quantitative estimate of drug-likeness (QED) is 0.925. The number of carbonyl (C=O) groups excluding carboxylic acids is 1. The Balaban J connectivity index is 2.89. The van der Waals surface area contributed by atoms with Crippen molar-refractivity contribution in [3.63, 3.8) is 0 Å². The van der Waals surface area contributed by atoms with E-state index in [-0.39, 0.29) is 24.6 Å². The van der Waals surface area contributed by atoms with Crippen LogP contribution in [0.3, 0.4) is 0 Å². The standard InChI is InChI=1S/C12H15BrFNO/c1-12(2,7-15)11(16)6-8-5-9(13)3-4-10(8)14/h3-5H,6-7,15H2,1-2H3. The van der Waals surface area contributed by atoms with Gasteiger partial charge >= 0.3 is 0 Å². The molecule has 0 radical (unpaired) electrons. The summed E-state index contributed by atoms with van der Waals surface area (Å²) >= 11 is 3.25. The second-order valence-corrected chi connectivity index (χ2v) is 5.34. The van der Waals surface area contributed by atoms with E-state index in [9.17, 15) is 9.18 Å². The smallest absolute Gasteiger partial charge is 0.144 e. The van der Waals surface area contributed by atoms with Gasteiger partial charge in [-0.1, -0.05) is 29.8 Å². The highest BCUT2D eigenvalue weighted by atomic mass is 79.9. The van der Waals surface area contributed by atoms with Gasteiger partial charge in [0, 0.05) is 22.9 Å². The van der Waals surface area contributed by atoms with E-state index in [2.05, 4.69) is 15.9 Å². The van der Waals surface area contributed by atoms with E-state index in [0.717, 1.165) is 4.47 Å². The highest BCUT2D eigenvalue weighted by Crippen LogP contribution is 2.21. The van der Waals surface area contributed by atoms with Crippen LogP contribution in [-0.2, 0) is 11.2 Å². The molecular formula is C12H15BrFNO. The van der Waals surface area contributed by atoms with Crippen LogP contribution in [0.15, 0.2) is 22.7 Å². The number of hydrogen-bond acceptors (Lipinski definition) is 2. The molecule has 2 nitrogen and oxygen atoms in total. The Morgan fingerprint density at radius 2 is 2.12 bits per heavy atom. The van der Waals surface area contributed by atoms with Crippen molar-refractivity contribution in [2.75, 3.05) is 6.54 Å². The number of hydrogen-bond donors (Lipinski definition) is 1. The summed E-state index contributed by atoms with van der Waals surface area (Å²) in [7, 11) is 0. The molecule has 4 heteroatoms. The van der Waals surface area contributed by atoms with E-state index < -0.39 is 5.41 Å². The monoisotopic (exact) mass is 287 g/mol. The number of ketones is 1. The number of rotatable bonds is 4. The summed E-state index contributed by atoms with van der Waals surface area (Å²) in [6, 6.07) is 4.58. The molecule has 0 amide bonds. The molecule has 0 unspecified atom stereocenters. The molecule has 0 bridgehead atoms. The lowest BCUT2D eigenvalue weighted by Crippen LogP contribution is -2.34. The summed E-state index contributed by atoms with van der Waals surface area (Å²) in [5.74, 6) is -0.406. The lowest BCUT2D eigenvalue weighted by molar-refractivity contribution is -0.126. The van der Waals surface area contributed by atoms with Crippen molar-refractivity contribution in [1.29, 1.82) is 0 Å². The average Bonchev–Trinajstić information content (AvgIpc) is 2.23. The second-order valence-electron chi connectivity index (χ2n) is 4.42. The van der Waals surface area contributed by atoms with Gasteiger partial charge in [-0.15, -0.1) is 0 Å². The van der Waals surface area contributed by atoms with Gasteiger partial charge in [0.2, 0.25) is 0 Å². The summed E-state index contributed by atoms with van der Waals surface area (Å²) in [5.41, 5.74) is 5.31. The molecule has 88 valence electrons. The maximum atomic E-state index is 13.4. The van der Waals surface area contributed by atoms with Crippen molar-refractivity contribution >= 4 is 21.7 Å². The van der Waals surface area contributed by atoms with E-state index in [1.807, 2.05) is 0 Å². The summed E-state index contributed by atoms with van der Waals surface area (Å²) in [5, 5.41) is 0. The van der Waals surface area contributed by atoms with Gasteiger partial charge in [0.1, 0.15) is 11.6 Å². The van der Waals surface area contributed by atoms with Gasteiger partial charge < -0.3 is 5.73 Å². The Labute approximate surface area is 103 Å². The maximum Gasteiger partial charge on any atom is 0.144 e. The molecule has 0 saturated carbocycles. The molecule has 1 rings (SSSR count). The molecule has 0 spiro atoms. The Morgan fingerprint density at radius 3 is 2.69 bits per heavy atom. The zero-order chi connectivity index (χ0) is 12.3. The van der Waals surface area contributed by atoms with Crippen molar-refractivity contribution in [1.82, 2.24) is 0 Å². The second kappa shape index (κ2) is 5.06.